The molecule has 0 radical (unpaired) electrons. The van der Waals surface area contributed by atoms with E-state index < -0.39 is 5.54 Å². The number of hydrogen-bond acceptors (Lipinski definition) is 4. The van der Waals surface area contributed by atoms with Crippen LogP contribution in [0.15, 0.2) is 15.9 Å². The molecule has 2 rings (SSSR count). The smallest absolute Gasteiger partial charge is 0.221 e. The minimum atomic E-state index is -0.627. The van der Waals surface area contributed by atoms with E-state index in [1.807, 2.05) is 11.4 Å². The minimum absolute atomic E-state index is 0.0245. The molecule has 1 atom stereocenters. The average molecular weight is 345 g/mol. The summed E-state index contributed by atoms with van der Waals surface area (Å²) in [5.74, 6) is 1.63. The van der Waals surface area contributed by atoms with Gasteiger partial charge in [-0.3, -0.25) is 4.79 Å². The molecular weight excluding hydrogens is 332 g/mol. The molecule has 1 saturated heterocycles. The Balaban J connectivity index is 1.83. The first-order chi connectivity index (χ1) is 8.63. The van der Waals surface area contributed by atoms with Crippen molar-refractivity contribution in [2.24, 2.45) is 0 Å². The van der Waals surface area contributed by atoms with E-state index in [9.17, 15) is 10.1 Å². The highest BCUT2D eigenvalue weighted by Crippen LogP contribution is 2.27. The van der Waals surface area contributed by atoms with Crippen LogP contribution < -0.4 is 5.32 Å². The maximum atomic E-state index is 11.9. The molecule has 0 spiro atoms. The lowest BCUT2D eigenvalue weighted by molar-refractivity contribution is -0.122. The quantitative estimate of drug-likeness (QED) is 0.913. The van der Waals surface area contributed by atoms with E-state index >= 15 is 0 Å². The normalized spacial score (nSPS) is 22.7. The van der Waals surface area contributed by atoms with Crippen LogP contribution in [-0.2, 0) is 11.2 Å². The van der Waals surface area contributed by atoms with Gasteiger partial charge >= 0.3 is 0 Å². The molecule has 1 fully saturated rings. The summed E-state index contributed by atoms with van der Waals surface area (Å²) in [5.41, 5.74) is -0.627. The van der Waals surface area contributed by atoms with Crippen molar-refractivity contribution in [3.05, 3.63) is 20.8 Å². The molecular formula is C12H13BrN2OS2. The molecule has 0 aliphatic carbocycles. The van der Waals surface area contributed by atoms with Crippen molar-refractivity contribution in [2.75, 3.05) is 11.5 Å². The summed E-state index contributed by atoms with van der Waals surface area (Å²) in [7, 11) is 0. The molecule has 0 aromatic carbocycles. The Bertz CT molecular complexity index is 475. The Labute approximate surface area is 123 Å². The second-order valence-corrected chi connectivity index (χ2v) is 7.29. The molecule has 3 nitrogen and oxygen atoms in total. The lowest BCUT2D eigenvalue weighted by atomic mass is 10.0. The zero-order valence-corrected chi connectivity index (χ0v) is 13.0. The summed E-state index contributed by atoms with van der Waals surface area (Å²) in [6.07, 6.45) is 1.93. The largest absolute Gasteiger partial charge is 0.337 e. The predicted molar refractivity (Wildman–Crippen MR) is 78.8 cm³/mol. The number of thiophene rings is 1. The van der Waals surface area contributed by atoms with Gasteiger partial charge in [0.2, 0.25) is 5.91 Å². The Kier molecular flexibility index (Phi) is 4.71. The van der Waals surface area contributed by atoms with E-state index in [-0.39, 0.29) is 5.91 Å². The van der Waals surface area contributed by atoms with Crippen molar-refractivity contribution >= 4 is 44.9 Å². The average Bonchev–Trinajstić information content (AvgIpc) is 2.97. The fourth-order valence-corrected chi connectivity index (χ4v) is 4.55. The van der Waals surface area contributed by atoms with E-state index in [4.69, 9.17) is 0 Å². The summed E-state index contributed by atoms with van der Waals surface area (Å²) in [5, 5.41) is 14.1. The molecule has 1 aromatic rings. The molecule has 1 aliphatic rings. The van der Waals surface area contributed by atoms with E-state index in [0.717, 1.165) is 23.1 Å². The van der Waals surface area contributed by atoms with E-state index in [0.29, 0.717) is 12.2 Å². The Morgan fingerprint density at radius 1 is 1.67 bits per heavy atom. The molecule has 1 unspecified atom stereocenters. The van der Waals surface area contributed by atoms with Gasteiger partial charge in [0.1, 0.15) is 5.54 Å². The van der Waals surface area contributed by atoms with Gasteiger partial charge < -0.3 is 5.32 Å². The number of carbonyl (C=O) groups excluding carboxylic acids is 1. The zero-order chi connectivity index (χ0) is 13.0. The lowest BCUT2D eigenvalue weighted by Crippen LogP contribution is -2.47. The summed E-state index contributed by atoms with van der Waals surface area (Å²) in [6, 6.07) is 4.28. The monoisotopic (exact) mass is 344 g/mol. The number of rotatable bonds is 4. The number of aryl methyl sites for hydroxylation is 1. The van der Waals surface area contributed by atoms with Crippen LogP contribution in [0.1, 0.15) is 17.7 Å². The van der Waals surface area contributed by atoms with Gasteiger partial charge in [0.15, 0.2) is 0 Å². The molecule has 1 aromatic heterocycles. The SMILES string of the molecule is N#CC1(NC(=O)CCc2cc(Br)cs2)CCSC1. The van der Waals surface area contributed by atoms with Crippen LogP contribution >= 0.6 is 39.0 Å². The summed E-state index contributed by atoms with van der Waals surface area (Å²) < 4.78 is 1.06. The van der Waals surface area contributed by atoms with Crippen molar-refractivity contribution < 1.29 is 4.79 Å². The van der Waals surface area contributed by atoms with Gasteiger partial charge in [-0.1, -0.05) is 0 Å². The molecule has 96 valence electrons. The zero-order valence-electron chi connectivity index (χ0n) is 9.74. The maximum absolute atomic E-state index is 11.9. The fraction of sp³-hybridized carbons (Fsp3) is 0.500. The summed E-state index contributed by atoms with van der Waals surface area (Å²) in [4.78, 5) is 13.0. The van der Waals surface area contributed by atoms with Crippen LogP contribution in [0, 0.1) is 11.3 Å². The molecule has 1 amide bonds. The Morgan fingerprint density at radius 3 is 3.06 bits per heavy atom. The van der Waals surface area contributed by atoms with Crippen LogP contribution in [0.3, 0.4) is 0 Å². The number of nitrogens with zero attached hydrogens (tertiary/aromatic N) is 1. The highest BCUT2D eigenvalue weighted by molar-refractivity contribution is 9.10. The lowest BCUT2D eigenvalue weighted by Gasteiger charge is -2.20. The summed E-state index contributed by atoms with van der Waals surface area (Å²) in [6.45, 7) is 0. The molecule has 6 heteroatoms. The van der Waals surface area contributed by atoms with Crippen molar-refractivity contribution in [2.45, 2.75) is 24.8 Å². The third kappa shape index (κ3) is 3.50. The van der Waals surface area contributed by atoms with E-state index in [1.54, 1.807) is 23.1 Å². The first-order valence-corrected chi connectivity index (χ1v) is 8.49. The number of thioether (sulfide) groups is 1. The number of halogens is 1. The van der Waals surface area contributed by atoms with E-state index in [1.165, 1.54) is 4.88 Å². The van der Waals surface area contributed by atoms with Gasteiger partial charge in [-0.2, -0.15) is 17.0 Å². The standard InChI is InChI=1S/C12H13BrN2OS2/c13-9-5-10(18-6-9)1-2-11(16)15-12(7-14)3-4-17-8-12/h5-6H,1-4,8H2,(H,15,16). The molecule has 1 N–H and O–H groups in total. The Hall–Kier alpha value is -0.510. The number of carbonyl (C=O) groups is 1. The van der Waals surface area contributed by atoms with Crippen LogP contribution in [0.25, 0.3) is 0 Å². The number of hydrogen-bond donors (Lipinski definition) is 1. The highest BCUT2D eigenvalue weighted by Gasteiger charge is 2.35. The second kappa shape index (κ2) is 6.09. The molecule has 2 heterocycles. The molecule has 0 saturated carbocycles. The predicted octanol–water partition coefficient (Wildman–Crippen LogP) is 2.96. The van der Waals surface area contributed by atoms with Gasteiger partial charge in [-0.15, -0.1) is 11.3 Å². The number of nitriles is 1. The number of nitrogens with one attached hydrogen (secondary N) is 1. The van der Waals surface area contributed by atoms with Gasteiger partial charge in [0.25, 0.3) is 0 Å². The third-order valence-electron chi connectivity index (χ3n) is 2.83. The van der Waals surface area contributed by atoms with Crippen LogP contribution in [0.5, 0.6) is 0 Å². The maximum Gasteiger partial charge on any atom is 0.221 e. The van der Waals surface area contributed by atoms with Gasteiger partial charge in [-0.05, 0) is 40.6 Å². The first kappa shape index (κ1) is 13.9. The van der Waals surface area contributed by atoms with Gasteiger partial charge in [0, 0.05) is 26.9 Å². The van der Waals surface area contributed by atoms with Gasteiger partial charge in [0.05, 0.1) is 6.07 Å². The van der Waals surface area contributed by atoms with Crippen LogP contribution in [0.4, 0.5) is 0 Å². The van der Waals surface area contributed by atoms with Crippen LogP contribution in [0.2, 0.25) is 0 Å². The van der Waals surface area contributed by atoms with Crippen molar-refractivity contribution in [3.8, 4) is 6.07 Å². The second-order valence-electron chi connectivity index (χ2n) is 4.28. The minimum Gasteiger partial charge on any atom is -0.337 e. The van der Waals surface area contributed by atoms with Crippen molar-refractivity contribution in [3.63, 3.8) is 0 Å². The number of amides is 1. The first-order valence-electron chi connectivity index (χ1n) is 5.66. The molecule has 1 aliphatic heterocycles. The van der Waals surface area contributed by atoms with Crippen LogP contribution in [-0.4, -0.2) is 23.0 Å². The highest BCUT2D eigenvalue weighted by atomic mass is 79.9. The molecule has 18 heavy (non-hydrogen) atoms. The molecule has 0 bridgehead atoms. The Morgan fingerprint density at radius 2 is 2.50 bits per heavy atom. The van der Waals surface area contributed by atoms with Crippen molar-refractivity contribution in [1.82, 2.24) is 5.32 Å². The van der Waals surface area contributed by atoms with Gasteiger partial charge in [-0.25, -0.2) is 0 Å². The van der Waals surface area contributed by atoms with Crippen molar-refractivity contribution in [1.29, 1.82) is 5.26 Å². The topological polar surface area (TPSA) is 52.9 Å². The van der Waals surface area contributed by atoms with E-state index in [2.05, 4.69) is 27.3 Å². The summed E-state index contributed by atoms with van der Waals surface area (Å²) >= 11 is 6.76. The third-order valence-corrected chi connectivity index (χ3v) is 5.78. The fourth-order valence-electron chi connectivity index (χ4n) is 1.83.